The molecule has 0 amide bonds. The molecule has 0 bridgehead atoms. The van der Waals surface area contributed by atoms with Gasteiger partial charge < -0.3 is 9.72 Å². The van der Waals surface area contributed by atoms with Crippen LogP contribution in [0.5, 0.6) is 0 Å². The summed E-state index contributed by atoms with van der Waals surface area (Å²) in [5, 5.41) is 0. The number of nitrogens with one attached hydrogen (secondary N) is 1. The van der Waals surface area contributed by atoms with Gasteiger partial charge in [-0.1, -0.05) is 24.3 Å². The van der Waals surface area contributed by atoms with Crippen molar-refractivity contribution < 1.29 is 9.13 Å². The second-order valence-electron chi connectivity index (χ2n) is 6.63. The highest BCUT2D eigenvalue weighted by molar-refractivity contribution is 5.74. The van der Waals surface area contributed by atoms with Crippen LogP contribution in [0.2, 0.25) is 0 Å². The highest BCUT2D eigenvalue weighted by Gasteiger charge is 2.20. The Morgan fingerprint density at radius 2 is 1.96 bits per heavy atom. The van der Waals surface area contributed by atoms with Crippen LogP contribution in [0, 0.1) is 5.82 Å². The molecule has 1 atom stereocenters. The molecule has 0 unspecified atom stereocenters. The first-order valence-electron chi connectivity index (χ1n) is 8.78. The molecule has 1 fully saturated rings. The van der Waals surface area contributed by atoms with Gasteiger partial charge in [-0.2, -0.15) is 0 Å². The Morgan fingerprint density at radius 3 is 2.72 bits per heavy atom. The Bertz CT molecular complexity index is 791. The number of nitrogens with zero attached hydrogens (tertiary/aromatic N) is 2. The van der Waals surface area contributed by atoms with Crippen LogP contribution in [0.3, 0.4) is 0 Å². The third kappa shape index (κ3) is 4.06. The summed E-state index contributed by atoms with van der Waals surface area (Å²) in [6.45, 7) is 3.16. The van der Waals surface area contributed by atoms with E-state index in [0.717, 1.165) is 55.0 Å². The topological polar surface area (TPSA) is 41.2 Å². The first kappa shape index (κ1) is 16.2. The molecule has 2 aromatic carbocycles. The van der Waals surface area contributed by atoms with Crippen molar-refractivity contribution in [2.45, 2.75) is 32.0 Å². The molecular formula is C20H22FN3O. The van der Waals surface area contributed by atoms with Crippen molar-refractivity contribution in [3.63, 3.8) is 0 Å². The number of benzene rings is 2. The van der Waals surface area contributed by atoms with E-state index >= 15 is 0 Å². The molecule has 4 nitrogen and oxygen atoms in total. The summed E-state index contributed by atoms with van der Waals surface area (Å²) in [5.41, 5.74) is 3.13. The van der Waals surface area contributed by atoms with Crippen LogP contribution in [0.4, 0.5) is 4.39 Å². The number of para-hydroxylation sites is 2. The minimum atomic E-state index is -0.202. The monoisotopic (exact) mass is 339 g/mol. The average Bonchev–Trinajstić information content (AvgIpc) is 3.25. The van der Waals surface area contributed by atoms with Gasteiger partial charge in [-0.25, -0.2) is 9.37 Å². The standard InChI is InChI=1S/C20H22FN3O/c21-16-9-7-15(8-10-16)12-24(13-17-4-3-11-25-17)14-20-22-18-5-1-2-6-19(18)23-20/h1-2,5-10,17H,3-4,11-14H2,(H,22,23)/t17-/m1/s1. The van der Waals surface area contributed by atoms with E-state index in [0.29, 0.717) is 6.54 Å². The molecule has 0 saturated carbocycles. The predicted molar refractivity (Wildman–Crippen MR) is 95.6 cm³/mol. The van der Waals surface area contributed by atoms with Gasteiger partial charge in [0.2, 0.25) is 0 Å². The third-order valence-electron chi connectivity index (χ3n) is 4.62. The van der Waals surface area contributed by atoms with Gasteiger partial charge in [0, 0.05) is 19.7 Å². The number of imidazole rings is 1. The third-order valence-corrected chi connectivity index (χ3v) is 4.62. The van der Waals surface area contributed by atoms with E-state index < -0.39 is 0 Å². The van der Waals surface area contributed by atoms with Crippen LogP contribution in [0.15, 0.2) is 48.5 Å². The molecule has 4 rings (SSSR count). The lowest BCUT2D eigenvalue weighted by Gasteiger charge is -2.24. The number of hydrogen-bond acceptors (Lipinski definition) is 3. The Balaban J connectivity index is 1.51. The first-order chi connectivity index (χ1) is 12.3. The van der Waals surface area contributed by atoms with Crippen molar-refractivity contribution in [2.24, 2.45) is 0 Å². The van der Waals surface area contributed by atoms with Gasteiger partial charge in [0.15, 0.2) is 0 Å². The zero-order chi connectivity index (χ0) is 17.1. The summed E-state index contributed by atoms with van der Waals surface area (Å²) in [4.78, 5) is 10.4. The maximum absolute atomic E-state index is 13.2. The highest BCUT2D eigenvalue weighted by atomic mass is 19.1. The molecule has 1 aromatic heterocycles. The molecule has 25 heavy (non-hydrogen) atoms. The van der Waals surface area contributed by atoms with Crippen LogP contribution in [-0.4, -0.2) is 34.1 Å². The molecule has 3 aromatic rings. The van der Waals surface area contributed by atoms with Crippen molar-refractivity contribution in [1.29, 1.82) is 0 Å². The Hall–Kier alpha value is -2.24. The van der Waals surface area contributed by atoms with Crippen LogP contribution >= 0.6 is 0 Å². The predicted octanol–water partition coefficient (Wildman–Crippen LogP) is 3.88. The van der Waals surface area contributed by atoms with Crippen molar-refractivity contribution in [3.05, 3.63) is 65.7 Å². The van der Waals surface area contributed by atoms with Crippen molar-refractivity contribution >= 4 is 11.0 Å². The van der Waals surface area contributed by atoms with E-state index in [-0.39, 0.29) is 11.9 Å². The quantitative estimate of drug-likeness (QED) is 0.741. The lowest BCUT2D eigenvalue weighted by molar-refractivity contribution is 0.0671. The maximum atomic E-state index is 13.2. The van der Waals surface area contributed by atoms with Crippen molar-refractivity contribution in [1.82, 2.24) is 14.9 Å². The summed E-state index contributed by atoms with van der Waals surface area (Å²) < 4.78 is 19.0. The number of rotatable bonds is 6. The van der Waals surface area contributed by atoms with E-state index in [9.17, 15) is 4.39 Å². The number of H-pyrrole nitrogens is 1. The summed E-state index contributed by atoms with van der Waals surface area (Å²) in [6, 6.07) is 14.8. The number of aromatic nitrogens is 2. The molecule has 1 aliphatic rings. The van der Waals surface area contributed by atoms with Gasteiger partial charge in [0.05, 0.1) is 23.7 Å². The average molecular weight is 339 g/mol. The van der Waals surface area contributed by atoms with Crippen LogP contribution < -0.4 is 0 Å². The number of hydrogen-bond donors (Lipinski definition) is 1. The first-order valence-corrected chi connectivity index (χ1v) is 8.78. The number of ether oxygens (including phenoxy) is 1. The molecule has 0 spiro atoms. The molecule has 1 aliphatic heterocycles. The smallest absolute Gasteiger partial charge is 0.123 e. The van der Waals surface area contributed by atoms with Gasteiger partial charge in [-0.15, -0.1) is 0 Å². The van der Waals surface area contributed by atoms with E-state index in [1.165, 1.54) is 12.1 Å². The van der Waals surface area contributed by atoms with Crippen molar-refractivity contribution in [3.8, 4) is 0 Å². The zero-order valence-corrected chi connectivity index (χ0v) is 14.1. The molecule has 1 N–H and O–H groups in total. The van der Waals surface area contributed by atoms with Crippen LogP contribution in [0.1, 0.15) is 24.2 Å². The van der Waals surface area contributed by atoms with E-state index in [2.05, 4.69) is 14.9 Å². The van der Waals surface area contributed by atoms with E-state index in [1.807, 2.05) is 36.4 Å². The number of fused-ring (bicyclic) bond motifs is 1. The Morgan fingerprint density at radius 1 is 1.12 bits per heavy atom. The summed E-state index contributed by atoms with van der Waals surface area (Å²) in [7, 11) is 0. The summed E-state index contributed by atoms with van der Waals surface area (Å²) in [5.74, 6) is 0.744. The number of aromatic amines is 1. The minimum absolute atomic E-state index is 0.202. The molecule has 2 heterocycles. The van der Waals surface area contributed by atoms with Gasteiger partial charge in [0.25, 0.3) is 0 Å². The lowest BCUT2D eigenvalue weighted by atomic mass is 10.2. The molecule has 0 radical (unpaired) electrons. The molecule has 5 heteroatoms. The molecule has 0 aliphatic carbocycles. The van der Waals surface area contributed by atoms with E-state index in [4.69, 9.17) is 4.74 Å². The second kappa shape index (κ2) is 7.33. The van der Waals surface area contributed by atoms with Crippen LogP contribution in [-0.2, 0) is 17.8 Å². The highest BCUT2D eigenvalue weighted by Crippen LogP contribution is 2.18. The van der Waals surface area contributed by atoms with Gasteiger partial charge in [-0.3, -0.25) is 4.90 Å². The Kier molecular flexibility index (Phi) is 4.76. The van der Waals surface area contributed by atoms with E-state index in [1.54, 1.807) is 0 Å². The molecule has 130 valence electrons. The fourth-order valence-electron chi connectivity index (χ4n) is 3.40. The molecular weight excluding hydrogens is 317 g/mol. The molecule has 1 saturated heterocycles. The van der Waals surface area contributed by atoms with Gasteiger partial charge in [0.1, 0.15) is 11.6 Å². The van der Waals surface area contributed by atoms with Gasteiger partial charge >= 0.3 is 0 Å². The second-order valence-corrected chi connectivity index (χ2v) is 6.63. The SMILES string of the molecule is Fc1ccc(CN(Cc2nc3ccccc3[nH]2)C[C@H]2CCCO2)cc1. The van der Waals surface area contributed by atoms with Gasteiger partial charge in [-0.05, 0) is 42.7 Å². The maximum Gasteiger partial charge on any atom is 0.123 e. The van der Waals surface area contributed by atoms with Crippen LogP contribution in [0.25, 0.3) is 11.0 Å². The number of halogens is 1. The fourth-order valence-corrected chi connectivity index (χ4v) is 3.40. The fraction of sp³-hybridized carbons (Fsp3) is 0.350. The lowest BCUT2D eigenvalue weighted by Crippen LogP contribution is -2.31. The minimum Gasteiger partial charge on any atom is -0.377 e. The summed E-state index contributed by atoms with van der Waals surface area (Å²) >= 11 is 0. The normalized spacial score (nSPS) is 17.6. The Labute approximate surface area is 146 Å². The summed E-state index contributed by atoms with van der Waals surface area (Å²) in [6.07, 6.45) is 2.49. The zero-order valence-electron chi connectivity index (χ0n) is 14.1. The largest absolute Gasteiger partial charge is 0.377 e. The van der Waals surface area contributed by atoms with Crippen molar-refractivity contribution in [2.75, 3.05) is 13.2 Å².